The van der Waals surface area contributed by atoms with Gasteiger partial charge in [-0.2, -0.15) is 0 Å². The van der Waals surface area contributed by atoms with Gasteiger partial charge < -0.3 is 14.6 Å². The van der Waals surface area contributed by atoms with Gasteiger partial charge in [0.15, 0.2) is 0 Å². The van der Waals surface area contributed by atoms with E-state index in [1.807, 2.05) is 0 Å². The molecule has 0 radical (unpaired) electrons. The first-order valence-corrected chi connectivity index (χ1v) is 6.93. The van der Waals surface area contributed by atoms with Gasteiger partial charge in [0.05, 0.1) is 18.7 Å². The van der Waals surface area contributed by atoms with Crippen molar-refractivity contribution in [3.63, 3.8) is 0 Å². The second-order valence-corrected chi connectivity index (χ2v) is 4.90. The Morgan fingerprint density at radius 1 is 1.26 bits per heavy atom. The molecule has 1 aromatic carbocycles. The third-order valence-electron chi connectivity index (χ3n) is 3.16. The zero-order valence-electron chi connectivity index (χ0n) is 12.5. The Morgan fingerprint density at radius 3 is 2.78 bits per heavy atom. The average molecular weight is 322 g/mol. The third kappa shape index (κ3) is 4.72. The summed E-state index contributed by atoms with van der Waals surface area (Å²) in [5, 5.41) is 2.55. The fourth-order valence-corrected chi connectivity index (χ4v) is 2.03. The van der Waals surface area contributed by atoms with Crippen LogP contribution in [0.3, 0.4) is 0 Å². The molecule has 0 atom stereocenters. The number of nitrogens with one attached hydrogen (secondary N) is 1. The van der Waals surface area contributed by atoms with Gasteiger partial charge in [-0.15, -0.1) is 0 Å². The molecule has 0 aliphatic heterocycles. The molecule has 0 bridgehead atoms. The Morgan fingerprint density at radius 2 is 2.04 bits per heavy atom. The van der Waals surface area contributed by atoms with Gasteiger partial charge in [-0.05, 0) is 24.3 Å². The highest BCUT2D eigenvalue weighted by Crippen LogP contribution is 2.12. The average Bonchev–Trinajstić information content (AvgIpc) is 2.51. The number of carbonyl (C=O) groups is 1. The number of nitrogens with zero attached hydrogens (tertiary/aromatic N) is 1. The number of pyridine rings is 1. The lowest BCUT2D eigenvalue weighted by Crippen LogP contribution is -2.23. The van der Waals surface area contributed by atoms with Crippen LogP contribution < -0.4 is 10.9 Å². The molecule has 0 unspecified atom stereocenters. The number of aromatic nitrogens is 1. The number of hydrogen-bond donors (Lipinski definition) is 1. The van der Waals surface area contributed by atoms with Crippen LogP contribution in [-0.2, 0) is 22.5 Å². The summed E-state index contributed by atoms with van der Waals surface area (Å²) in [4.78, 5) is 23.6. The van der Waals surface area contributed by atoms with E-state index in [4.69, 9.17) is 4.74 Å². The SMILES string of the molecule is COCCn1cc(NC(=O)Cc2cc(F)ccc2F)ccc1=O. The Kier molecular flexibility index (Phi) is 5.59. The smallest absolute Gasteiger partial charge is 0.250 e. The number of benzene rings is 1. The summed E-state index contributed by atoms with van der Waals surface area (Å²) >= 11 is 0. The number of anilines is 1. The van der Waals surface area contributed by atoms with Crippen LogP contribution in [0, 0.1) is 11.6 Å². The molecule has 1 amide bonds. The van der Waals surface area contributed by atoms with Crippen molar-refractivity contribution in [3.8, 4) is 0 Å². The quantitative estimate of drug-likeness (QED) is 0.884. The van der Waals surface area contributed by atoms with Gasteiger partial charge in [0.1, 0.15) is 11.6 Å². The van der Waals surface area contributed by atoms with Gasteiger partial charge in [-0.1, -0.05) is 0 Å². The van der Waals surface area contributed by atoms with Crippen LogP contribution in [0.5, 0.6) is 0 Å². The van der Waals surface area contributed by atoms with E-state index in [9.17, 15) is 18.4 Å². The third-order valence-corrected chi connectivity index (χ3v) is 3.16. The van der Waals surface area contributed by atoms with E-state index in [0.717, 1.165) is 18.2 Å². The van der Waals surface area contributed by atoms with Crippen LogP contribution in [0.2, 0.25) is 0 Å². The zero-order chi connectivity index (χ0) is 16.8. The van der Waals surface area contributed by atoms with Crippen molar-refractivity contribution >= 4 is 11.6 Å². The Balaban J connectivity index is 2.08. The molecule has 1 aromatic heterocycles. The van der Waals surface area contributed by atoms with E-state index in [1.165, 1.54) is 30.0 Å². The van der Waals surface area contributed by atoms with E-state index in [0.29, 0.717) is 18.8 Å². The molecule has 0 aliphatic rings. The summed E-state index contributed by atoms with van der Waals surface area (Å²) in [6.45, 7) is 0.698. The Hall–Kier alpha value is -2.54. The highest BCUT2D eigenvalue weighted by atomic mass is 19.1. The normalized spacial score (nSPS) is 10.6. The summed E-state index contributed by atoms with van der Waals surface area (Å²) in [7, 11) is 1.52. The van der Waals surface area contributed by atoms with Gasteiger partial charge in [-0.25, -0.2) is 8.78 Å². The van der Waals surface area contributed by atoms with Gasteiger partial charge in [0.2, 0.25) is 5.91 Å². The second kappa shape index (κ2) is 7.64. The van der Waals surface area contributed by atoms with Crippen molar-refractivity contribution in [2.75, 3.05) is 19.0 Å². The molecule has 2 aromatic rings. The van der Waals surface area contributed by atoms with Crippen LogP contribution in [0.4, 0.5) is 14.5 Å². The lowest BCUT2D eigenvalue weighted by atomic mass is 10.1. The van der Waals surface area contributed by atoms with Crippen LogP contribution in [-0.4, -0.2) is 24.2 Å². The monoisotopic (exact) mass is 322 g/mol. The highest BCUT2D eigenvalue weighted by Gasteiger charge is 2.10. The van der Waals surface area contributed by atoms with Crippen molar-refractivity contribution in [1.29, 1.82) is 0 Å². The number of halogens is 2. The van der Waals surface area contributed by atoms with E-state index >= 15 is 0 Å². The maximum Gasteiger partial charge on any atom is 0.250 e. The van der Waals surface area contributed by atoms with Gasteiger partial charge in [0.25, 0.3) is 5.56 Å². The molecule has 2 rings (SSSR count). The predicted molar refractivity (Wildman–Crippen MR) is 81.3 cm³/mol. The highest BCUT2D eigenvalue weighted by molar-refractivity contribution is 5.92. The molecule has 23 heavy (non-hydrogen) atoms. The van der Waals surface area contributed by atoms with Gasteiger partial charge in [-0.3, -0.25) is 9.59 Å². The first kappa shape index (κ1) is 16.8. The van der Waals surface area contributed by atoms with E-state index < -0.39 is 17.5 Å². The summed E-state index contributed by atoms with van der Waals surface area (Å²) in [6, 6.07) is 5.71. The topological polar surface area (TPSA) is 60.3 Å². The van der Waals surface area contributed by atoms with Gasteiger partial charge >= 0.3 is 0 Å². The van der Waals surface area contributed by atoms with E-state index in [-0.39, 0.29) is 17.5 Å². The molecule has 122 valence electrons. The van der Waals surface area contributed by atoms with Crippen molar-refractivity contribution < 1.29 is 18.3 Å². The standard InChI is InChI=1S/C16H16F2N2O3/c1-23-7-6-20-10-13(3-5-16(20)22)19-15(21)9-11-8-12(17)2-4-14(11)18/h2-5,8,10H,6-7,9H2,1H3,(H,19,21). The second-order valence-electron chi connectivity index (χ2n) is 4.90. The molecule has 1 N–H and O–H groups in total. The number of hydrogen-bond acceptors (Lipinski definition) is 3. The summed E-state index contributed by atoms with van der Waals surface area (Å²) in [5.74, 6) is -1.76. The summed E-state index contributed by atoms with van der Waals surface area (Å²) in [6.07, 6.45) is 1.17. The minimum atomic E-state index is -0.647. The Bertz CT molecular complexity index is 759. The fraction of sp³-hybridized carbons (Fsp3) is 0.250. The molecule has 7 heteroatoms. The first-order chi connectivity index (χ1) is 11.0. The number of amides is 1. The van der Waals surface area contributed by atoms with Crippen LogP contribution in [0.25, 0.3) is 0 Å². The molecule has 5 nitrogen and oxygen atoms in total. The lowest BCUT2D eigenvalue weighted by Gasteiger charge is -2.09. The van der Waals surface area contributed by atoms with Crippen LogP contribution in [0.1, 0.15) is 5.56 Å². The number of methoxy groups -OCH3 is 1. The van der Waals surface area contributed by atoms with Gasteiger partial charge in [0, 0.05) is 31.5 Å². The Labute approximate surface area is 131 Å². The molecule has 0 saturated heterocycles. The maximum absolute atomic E-state index is 13.5. The van der Waals surface area contributed by atoms with E-state index in [2.05, 4.69) is 5.32 Å². The van der Waals surface area contributed by atoms with Crippen molar-refractivity contribution in [1.82, 2.24) is 4.57 Å². The molecular weight excluding hydrogens is 306 g/mol. The lowest BCUT2D eigenvalue weighted by molar-refractivity contribution is -0.115. The number of rotatable bonds is 6. The molecule has 0 fully saturated rings. The fourth-order valence-electron chi connectivity index (χ4n) is 2.03. The predicted octanol–water partition coefficient (Wildman–Crippen LogP) is 1.95. The van der Waals surface area contributed by atoms with Crippen molar-refractivity contribution in [2.45, 2.75) is 13.0 Å². The number of ether oxygens (including phenoxy) is 1. The molecule has 0 aliphatic carbocycles. The molecule has 0 spiro atoms. The largest absolute Gasteiger partial charge is 0.383 e. The maximum atomic E-state index is 13.5. The minimum Gasteiger partial charge on any atom is -0.383 e. The first-order valence-electron chi connectivity index (χ1n) is 6.93. The molecule has 1 heterocycles. The molecule has 0 saturated carbocycles. The van der Waals surface area contributed by atoms with E-state index in [1.54, 1.807) is 0 Å². The zero-order valence-corrected chi connectivity index (χ0v) is 12.5. The van der Waals surface area contributed by atoms with Crippen molar-refractivity contribution in [3.05, 3.63) is 64.1 Å². The summed E-state index contributed by atoms with van der Waals surface area (Å²) in [5.41, 5.74) is 0.133. The number of carbonyl (C=O) groups excluding carboxylic acids is 1. The van der Waals surface area contributed by atoms with Crippen LogP contribution >= 0.6 is 0 Å². The molecular formula is C16H16F2N2O3. The van der Waals surface area contributed by atoms with Crippen molar-refractivity contribution in [2.24, 2.45) is 0 Å². The minimum absolute atomic E-state index is 0.0322. The summed E-state index contributed by atoms with van der Waals surface area (Å²) < 4.78 is 32.9. The van der Waals surface area contributed by atoms with Crippen LogP contribution in [0.15, 0.2) is 41.3 Å².